The fourth-order valence-corrected chi connectivity index (χ4v) is 8.58. The van der Waals surface area contributed by atoms with Crippen molar-refractivity contribution in [2.75, 3.05) is 4.90 Å². The second-order valence-electron chi connectivity index (χ2n) is 12.5. The molecular formula is C46H29NOS. The van der Waals surface area contributed by atoms with Crippen molar-refractivity contribution in [3.05, 3.63) is 176 Å². The normalized spacial score (nSPS) is 11.7. The maximum Gasteiger partial charge on any atom is 0.160 e. The van der Waals surface area contributed by atoms with Crippen LogP contribution in [0.3, 0.4) is 0 Å². The van der Waals surface area contributed by atoms with Gasteiger partial charge in [-0.15, -0.1) is 11.3 Å². The number of anilines is 3. The van der Waals surface area contributed by atoms with Gasteiger partial charge in [-0.3, -0.25) is 0 Å². The SMILES string of the molecule is c1ccc(-c2ccc3c(oc4ccccc43)c2N(c2ccc3c(c2)sc2ccccc23)c2ccc(-c3ccccc3)c3ccccc23)cc1. The van der Waals surface area contributed by atoms with E-state index < -0.39 is 0 Å². The highest BCUT2D eigenvalue weighted by molar-refractivity contribution is 7.25. The summed E-state index contributed by atoms with van der Waals surface area (Å²) in [5, 5.41) is 7.16. The smallest absolute Gasteiger partial charge is 0.160 e. The van der Waals surface area contributed by atoms with Gasteiger partial charge in [-0.2, -0.15) is 0 Å². The predicted octanol–water partition coefficient (Wildman–Crippen LogP) is 13.9. The first kappa shape index (κ1) is 27.9. The Morgan fingerprint density at radius 1 is 0.408 bits per heavy atom. The largest absolute Gasteiger partial charge is 0.454 e. The van der Waals surface area contributed by atoms with Crippen LogP contribution in [0, 0.1) is 0 Å². The standard InChI is InChI=1S/C46H29NOS/c1-3-13-30(14-4-1)33-27-28-41(36-18-8-7-17-35(33)36)47(32-23-24-39-38-20-10-12-22-43(38)49-44(39)29-32)45-34(31-15-5-2-6-16-31)25-26-40-37-19-9-11-21-42(37)48-46(40)45/h1-29H. The van der Waals surface area contributed by atoms with Gasteiger partial charge >= 0.3 is 0 Å². The van der Waals surface area contributed by atoms with Crippen molar-refractivity contribution in [3.8, 4) is 22.3 Å². The average Bonchev–Trinajstić information content (AvgIpc) is 3.74. The van der Waals surface area contributed by atoms with E-state index in [-0.39, 0.29) is 0 Å². The maximum atomic E-state index is 6.87. The van der Waals surface area contributed by atoms with Crippen LogP contribution >= 0.6 is 11.3 Å². The third-order valence-electron chi connectivity index (χ3n) is 9.68. The van der Waals surface area contributed by atoms with Gasteiger partial charge in [0, 0.05) is 47.6 Å². The summed E-state index contributed by atoms with van der Waals surface area (Å²) in [7, 11) is 0. The van der Waals surface area contributed by atoms with Crippen LogP contribution in [-0.4, -0.2) is 0 Å². The third kappa shape index (κ3) is 4.47. The van der Waals surface area contributed by atoms with Gasteiger partial charge < -0.3 is 9.32 Å². The number of fused-ring (bicyclic) bond motifs is 7. The first-order valence-corrected chi connectivity index (χ1v) is 17.4. The molecule has 0 fully saturated rings. The quantitative estimate of drug-likeness (QED) is 0.186. The van der Waals surface area contributed by atoms with Crippen LogP contribution in [0.4, 0.5) is 17.1 Å². The van der Waals surface area contributed by atoms with Gasteiger partial charge in [-0.05, 0) is 58.5 Å². The second-order valence-corrected chi connectivity index (χ2v) is 13.5. The van der Waals surface area contributed by atoms with E-state index in [1.807, 2.05) is 17.4 Å². The molecule has 230 valence electrons. The Kier molecular flexibility index (Phi) is 6.39. The highest BCUT2D eigenvalue weighted by atomic mass is 32.1. The van der Waals surface area contributed by atoms with Gasteiger partial charge in [0.1, 0.15) is 5.58 Å². The summed E-state index contributed by atoms with van der Waals surface area (Å²) in [6.45, 7) is 0. The molecule has 10 aromatic rings. The Bertz CT molecular complexity index is 2830. The van der Waals surface area contributed by atoms with Gasteiger partial charge in [0.2, 0.25) is 0 Å². The van der Waals surface area contributed by atoms with E-state index in [9.17, 15) is 0 Å². The van der Waals surface area contributed by atoms with Gasteiger partial charge in [-0.1, -0.05) is 140 Å². The fraction of sp³-hybridized carbons (Fsp3) is 0. The van der Waals surface area contributed by atoms with Crippen LogP contribution < -0.4 is 4.90 Å². The summed E-state index contributed by atoms with van der Waals surface area (Å²) in [6.07, 6.45) is 0. The number of benzene rings is 8. The summed E-state index contributed by atoms with van der Waals surface area (Å²) >= 11 is 1.84. The Hall–Kier alpha value is -6.16. The minimum absolute atomic E-state index is 0.871. The molecule has 10 rings (SSSR count). The van der Waals surface area contributed by atoms with E-state index in [2.05, 4.69) is 175 Å². The number of rotatable bonds is 5. The van der Waals surface area contributed by atoms with Crippen LogP contribution in [0.15, 0.2) is 180 Å². The Balaban J connectivity index is 1.34. The Morgan fingerprint density at radius 2 is 1.00 bits per heavy atom. The summed E-state index contributed by atoms with van der Waals surface area (Å²) in [5.41, 5.74) is 9.62. The van der Waals surface area contributed by atoms with E-state index in [4.69, 9.17) is 4.42 Å². The fourth-order valence-electron chi connectivity index (χ4n) is 7.44. The summed E-state index contributed by atoms with van der Waals surface area (Å²) in [5.74, 6) is 0. The summed E-state index contributed by atoms with van der Waals surface area (Å²) in [6, 6.07) is 63.2. The van der Waals surface area contributed by atoms with Gasteiger partial charge in [0.15, 0.2) is 5.58 Å². The lowest BCUT2D eigenvalue weighted by Gasteiger charge is -2.29. The molecule has 0 atom stereocenters. The zero-order valence-corrected chi connectivity index (χ0v) is 27.3. The van der Waals surface area contributed by atoms with Gasteiger partial charge in [0.25, 0.3) is 0 Å². The van der Waals surface area contributed by atoms with Gasteiger partial charge in [-0.25, -0.2) is 0 Å². The molecule has 0 N–H and O–H groups in total. The third-order valence-corrected chi connectivity index (χ3v) is 10.8. The molecule has 2 nitrogen and oxygen atoms in total. The van der Waals surface area contributed by atoms with E-state index in [1.165, 1.54) is 42.1 Å². The number of hydrogen-bond donors (Lipinski definition) is 0. The zero-order chi connectivity index (χ0) is 32.3. The Morgan fingerprint density at radius 3 is 1.80 bits per heavy atom. The average molecular weight is 644 g/mol. The lowest BCUT2D eigenvalue weighted by atomic mass is 9.95. The van der Waals surface area contributed by atoms with Gasteiger partial charge in [0.05, 0.1) is 11.4 Å². The second kappa shape index (κ2) is 11.2. The summed E-state index contributed by atoms with van der Waals surface area (Å²) < 4.78 is 9.42. The number of hydrogen-bond acceptors (Lipinski definition) is 3. The molecule has 2 aromatic heterocycles. The maximum absolute atomic E-state index is 6.87. The molecule has 0 unspecified atom stereocenters. The molecule has 0 radical (unpaired) electrons. The molecule has 0 aliphatic carbocycles. The highest BCUT2D eigenvalue weighted by Crippen LogP contribution is 2.50. The molecular weight excluding hydrogens is 615 g/mol. The molecule has 2 heterocycles. The zero-order valence-electron chi connectivity index (χ0n) is 26.5. The minimum Gasteiger partial charge on any atom is -0.454 e. The molecule has 0 amide bonds. The molecule has 3 heteroatoms. The molecule has 0 spiro atoms. The highest BCUT2D eigenvalue weighted by Gasteiger charge is 2.26. The monoisotopic (exact) mass is 643 g/mol. The van der Waals surface area contributed by atoms with E-state index in [0.29, 0.717) is 0 Å². The molecule has 0 saturated heterocycles. The van der Waals surface area contributed by atoms with Crippen molar-refractivity contribution in [3.63, 3.8) is 0 Å². The van der Waals surface area contributed by atoms with Crippen molar-refractivity contribution >= 4 is 81.3 Å². The molecule has 49 heavy (non-hydrogen) atoms. The number of thiophene rings is 1. The number of nitrogens with zero attached hydrogens (tertiary/aromatic N) is 1. The molecule has 0 aliphatic rings. The first-order chi connectivity index (χ1) is 24.3. The topological polar surface area (TPSA) is 16.4 Å². The van der Waals surface area contributed by atoms with Crippen molar-refractivity contribution < 1.29 is 4.42 Å². The lowest BCUT2D eigenvalue weighted by Crippen LogP contribution is -2.12. The van der Waals surface area contributed by atoms with Crippen LogP contribution in [0.2, 0.25) is 0 Å². The van der Waals surface area contributed by atoms with E-state index in [1.54, 1.807) is 0 Å². The number of furan rings is 1. The van der Waals surface area contributed by atoms with Crippen LogP contribution in [0.25, 0.3) is 75.1 Å². The van der Waals surface area contributed by atoms with Crippen molar-refractivity contribution in [2.24, 2.45) is 0 Å². The molecule has 0 aliphatic heterocycles. The van der Waals surface area contributed by atoms with Crippen molar-refractivity contribution in [1.82, 2.24) is 0 Å². The van der Waals surface area contributed by atoms with Crippen molar-refractivity contribution in [2.45, 2.75) is 0 Å². The Labute approximate surface area is 287 Å². The molecule has 0 bridgehead atoms. The minimum atomic E-state index is 0.871. The number of para-hydroxylation sites is 1. The van der Waals surface area contributed by atoms with Crippen LogP contribution in [0.1, 0.15) is 0 Å². The lowest BCUT2D eigenvalue weighted by molar-refractivity contribution is 0.669. The molecule has 8 aromatic carbocycles. The predicted molar refractivity (Wildman–Crippen MR) is 210 cm³/mol. The van der Waals surface area contributed by atoms with Crippen LogP contribution in [-0.2, 0) is 0 Å². The summed E-state index contributed by atoms with van der Waals surface area (Å²) in [4.78, 5) is 2.44. The first-order valence-electron chi connectivity index (χ1n) is 16.6. The van der Waals surface area contributed by atoms with E-state index in [0.717, 1.165) is 50.1 Å². The molecule has 0 saturated carbocycles. The van der Waals surface area contributed by atoms with Crippen molar-refractivity contribution in [1.29, 1.82) is 0 Å². The van der Waals surface area contributed by atoms with Crippen LogP contribution in [0.5, 0.6) is 0 Å². The van der Waals surface area contributed by atoms with E-state index >= 15 is 0 Å².